The molecule has 1 aromatic carbocycles. The molecule has 1 aromatic rings. The topological polar surface area (TPSA) is 581 Å². The first-order valence-electron chi connectivity index (χ1n) is 34.3. The molecule has 3 unspecified atom stereocenters. The zero-order chi connectivity index (χ0) is 73.9. The van der Waals surface area contributed by atoms with E-state index >= 15 is 0 Å². The van der Waals surface area contributed by atoms with Gasteiger partial charge in [0.2, 0.25) is 41.4 Å². The lowest BCUT2D eigenvalue weighted by Crippen LogP contribution is -2.55. The highest BCUT2D eigenvalue weighted by Crippen LogP contribution is 2.18. The van der Waals surface area contributed by atoms with Crippen molar-refractivity contribution in [1.29, 1.82) is 0 Å². The second-order valence-corrected chi connectivity index (χ2v) is 25.1. The molecule has 0 fully saturated rings. The average molecular weight is 1390 g/mol. The summed E-state index contributed by atoms with van der Waals surface area (Å²) in [6, 6.07) is -0.0426. The molecule has 0 spiro atoms. The van der Waals surface area contributed by atoms with Crippen molar-refractivity contribution >= 4 is 77.3 Å². The third-order valence-corrected chi connectivity index (χ3v) is 16.6. The van der Waals surface area contributed by atoms with E-state index in [-0.39, 0.29) is 144 Å². The van der Waals surface area contributed by atoms with Crippen LogP contribution in [0.15, 0.2) is 39.2 Å². The lowest BCUT2D eigenvalue weighted by Gasteiger charge is -2.28. The van der Waals surface area contributed by atoms with Crippen LogP contribution in [0.4, 0.5) is 14.4 Å². The Bertz CT molecular complexity index is 2710. The molecule has 34 nitrogen and oxygen atoms in total. The maximum Gasteiger partial charge on any atom is 0.316 e. The summed E-state index contributed by atoms with van der Waals surface area (Å²) in [5, 5.41) is 43.6. The summed E-state index contributed by atoms with van der Waals surface area (Å²) in [5.41, 5.74) is 45.6. The molecule has 0 heterocycles. The Balaban J connectivity index is 3.12. The maximum atomic E-state index is 13.9. The number of carbonyl (C=O) groups excluding carboxylic acids is 10. The van der Waals surface area contributed by atoms with E-state index in [0.717, 1.165) is 5.56 Å². The molecule has 0 aromatic heterocycles. The van der Waals surface area contributed by atoms with Gasteiger partial charge in [-0.2, -0.15) is 0 Å². The molecule has 98 heavy (non-hydrogen) atoms. The number of rotatable bonds is 49. The van der Waals surface area contributed by atoms with Crippen molar-refractivity contribution in [2.24, 2.45) is 78.6 Å². The monoisotopic (exact) mass is 1390 g/mol. The normalized spacial score (nSPS) is 15.0. The molecule has 29 N–H and O–H groups in total. The van der Waals surface area contributed by atoms with E-state index in [1.807, 2.05) is 41.5 Å². The summed E-state index contributed by atoms with van der Waals surface area (Å²) in [7, 11) is 0. The lowest BCUT2D eigenvalue weighted by atomic mass is 9.95. The first kappa shape index (κ1) is 86.9. The van der Waals surface area contributed by atoms with E-state index in [1.54, 1.807) is 45.0 Å². The molecule has 0 saturated heterocycles. The van der Waals surface area contributed by atoms with Crippen LogP contribution >= 0.6 is 0 Å². The molecule has 556 valence electrons. The summed E-state index contributed by atoms with van der Waals surface area (Å²) in [5.74, 6) is -4.02. The van der Waals surface area contributed by atoms with Gasteiger partial charge in [-0.3, -0.25) is 48.5 Å². The zero-order valence-corrected chi connectivity index (χ0v) is 59.1. The zero-order valence-electron chi connectivity index (χ0n) is 59.1. The lowest BCUT2D eigenvalue weighted by molar-refractivity contribution is -0.126. The summed E-state index contributed by atoms with van der Waals surface area (Å²) in [4.78, 5) is 146. The van der Waals surface area contributed by atoms with Gasteiger partial charge in [0.1, 0.15) is 24.2 Å². The van der Waals surface area contributed by atoms with Gasteiger partial charge in [-0.1, -0.05) is 93.7 Å². The number of phenols is 1. The van der Waals surface area contributed by atoms with Gasteiger partial charge in [0.25, 0.3) is 0 Å². The van der Waals surface area contributed by atoms with Gasteiger partial charge >= 0.3 is 18.1 Å². The van der Waals surface area contributed by atoms with Crippen molar-refractivity contribution < 1.29 is 53.1 Å². The van der Waals surface area contributed by atoms with Gasteiger partial charge in [-0.15, -0.1) is 0 Å². The van der Waals surface area contributed by atoms with Crippen molar-refractivity contribution in [1.82, 2.24) is 63.8 Å². The summed E-state index contributed by atoms with van der Waals surface area (Å²) in [6.07, 6.45) is 1.51. The second kappa shape index (κ2) is 48.6. The molecule has 0 aliphatic rings. The number of carbonyl (C=O) groups is 10. The van der Waals surface area contributed by atoms with E-state index in [4.69, 9.17) is 45.9 Å². The Morgan fingerprint density at radius 1 is 0.378 bits per heavy atom. The van der Waals surface area contributed by atoms with Crippen LogP contribution in [-0.4, -0.2) is 163 Å². The third-order valence-electron chi connectivity index (χ3n) is 16.6. The highest BCUT2D eigenvalue weighted by molar-refractivity contribution is 5.85. The fraction of sp³-hybridized carbons (Fsp3) is 0.703. The van der Waals surface area contributed by atoms with Crippen molar-refractivity contribution in [2.75, 3.05) is 19.6 Å². The number of primary amides is 1. The third kappa shape index (κ3) is 40.4. The predicted molar refractivity (Wildman–Crippen MR) is 378 cm³/mol. The Labute approximate surface area is 577 Å². The van der Waals surface area contributed by atoms with Crippen molar-refractivity contribution in [2.45, 2.75) is 252 Å². The molecule has 1 rings (SSSR count). The second-order valence-electron chi connectivity index (χ2n) is 25.1. The number of urea groups is 3. The van der Waals surface area contributed by atoms with Gasteiger partial charge < -0.3 is 115 Å². The minimum atomic E-state index is -0.902. The number of amides is 13. The first-order chi connectivity index (χ1) is 46.3. The number of aromatic hydroxyl groups is 1. The van der Waals surface area contributed by atoms with E-state index in [1.165, 1.54) is 0 Å². The van der Waals surface area contributed by atoms with E-state index < -0.39 is 114 Å². The number of nitrogens with one attached hydrogen (secondary N) is 12. The Kier molecular flexibility index (Phi) is 43.1. The Morgan fingerprint density at radius 2 is 0.663 bits per heavy atom. The Hall–Kier alpha value is -9.11. The summed E-state index contributed by atoms with van der Waals surface area (Å²) < 4.78 is 0. The molecule has 0 radical (unpaired) electrons. The van der Waals surface area contributed by atoms with Crippen LogP contribution in [0, 0.1) is 17.8 Å². The predicted octanol–water partition coefficient (Wildman–Crippen LogP) is -0.208. The summed E-state index contributed by atoms with van der Waals surface area (Å²) >= 11 is 0. The first-order valence-corrected chi connectivity index (χ1v) is 34.3. The molecular weight excluding hydrogens is 1270 g/mol. The fourth-order valence-electron chi connectivity index (χ4n) is 10.3. The maximum absolute atomic E-state index is 13.9. The number of nitrogens with two attached hydrogens (primary N) is 8. The molecule has 0 bridgehead atoms. The van der Waals surface area contributed by atoms with E-state index in [9.17, 15) is 53.1 Å². The average Bonchev–Trinajstić information content (AvgIpc) is 0.916. The SMILES string of the molecule is CCC(C)[C@@H](CC(=O)N[C@@H](CC)NC(=O)N[C@@H](CCCN=C(N)N)CC(=O)N[C@H](CC(=O)N[C@@H](CC)NC(=O)N[C@@H](CCCN=C(N)N)CC(=O)N[C@H](CC(=O)N[C@@H](CC)NC(=O)N[C@@H](CCCN=C(N)N)CC(N)=O)C(C)CC)C(C)CC)NC(=O)C[C@@H](N)Cc1ccc(O)cc1. The van der Waals surface area contributed by atoms with Crippen molar-refractivity contribution in [3.63, 3.8) is 0 Å². The standard InChI is InChI=1S/C64H119N23O11/c1-10-37(7)46(79-53(90)30-41(65)29-40-22-24-45(88)25-23-40)34-56(93)83-51(14-5)86-63(97)77-43(20-17-27-74-60(69)70)32-55(92)81-48(39(9)12-3)36-58(95)84-52(15-6)87-64(98)78-44(21-18-28-75-61(71)72)33-54(91)80-47(38(8)11-2)35-57(94)82-50(13-4)85-62(96)76-42(31-49(66)89)19-16-26-73-59(67)68/h22-25,37-39,41-44,46-48,50-52,88H,10-21,26-36,65H2,1-9H3,(H2,66,89)(H,79,90)(H,80,91)(H,81,92)(H,82,94)(H,83,93)(H,84,95)(H4,67,68,73)(H4,69,70,74)(H4,71,72,75)(H2,76,85,96)(H2,77,86,97)(H2,78,87,98)/t37?,38?,39?,41-,42-,43-,44-,46+,47+,48+,50+,51+,52+/m0/s1. The largest absolute Gasteiger partial charge is 0.508 e. The molecule has 34 heteroatoms. The highest BCUT2D eigenvalue weighted by Gasteiger charge is 2.30. The van der Waals surface area contributed by atoms with Crippen LogP contribution in [-0.2, 0) is 40.0 Å². The van der Waals surface area contributed by atoms with E-state index in [0.29, 0.717) is 51.4 Å². The number of guanidine groups is 3. The molecular formula is C64H119N23O11. The Morgan fingerprint density at radius 3 is 0.939 bits per heavy atom. The van der Waals surface area contributed by atoms with Crippen LogP contribution in [0.5, 0.6) is 5.75 Å². The van der Waals surface area contributed by atoms with Gasteiger partial charge in [0.15, 0.2) is 17.9 Å². The minimum Gasteiger partial charge on any atom is -0.508 e. The molecule has 0 saturated carbocycles. The van der Waals surface area contributed by atoms with Crippen LogP contribution in [0.3, 0.4) is 0 Å². The number of aliphatic imine (C=N–C) groups is 3. The van der Waals surface area contributed by atoms with Crippen molar-refractivity contribution in [3.8, 4) is 5.75 Å². The minimum absolute atomic E-state index is 0.00758. The number of hydrogen-bond acceptors (Lipinski definition) is 15. The quantitative estimate of drug-likeness (QED) is 0.0174. The summed E-state index contributed by atoms with van der Waals surface area (Å²) in [6.45, 7) is 17.3. The van der Waals surface area contributed by atoms with Gasteiger partial charge in [0, 0.05) is 107 Å². The van der Waals surface area contributed by atoms with Crippen molar-refractivity contribution in [3.05, 3.63) is 29.8 Å². The highest BCUT2D eigenvalue weighted by atomic mass is 16.3. The van der Waals surface area contributed by atoms with E-state index in [2.05, 4.69) is 78.8 Å². The van der Waals surface area contributed by atoms with Crippen LogP contribution in [0.25, 0.3) is 0 Å². The molecule has 0 aliphatic carbocycles. The van der Waals surface area contributed by atoms with Crippen LogP contribution in [0.1, 0.15) is 190 Å². The van der Waals surface area contributed by atoms with Crippen LogP contribution < -0.4 is 110 Å². The smallest absolute Gasteiger partial charge is 0.316 e. The number of benzene rings is 1. The van der Waals surface area contributed by atoms with Gasteiger partial charge in [-0.05, 0) is 99.7 Å². The van der Waals surface area contributed by atoms with Gasteiger partial charge in [0.05, 0.1) is 0 Å². The number of phenolic OH excluding ortho intramolecular Hbond substituents is 1. The molecule has 13 amide bonds. The number of nitrogens with zero attached hydrogens (tertiary/aromatic N) is 3. The fourth-order valence-corrected chi connectivity index (χ4v) is 10.3. The van der Waals surface area contributed by atoms with Crippen LogP contribution in [0.2, 0.25) is 0 Å². The molecule has 13 atom stereocenters. The van der Waals surface area contributed by atoms with Gasteiger partial charge in [-0.25, -0.2) is 14.4 Å². The molecule has 0 aliphatic heterocycles. The number of hydrogen-bond donors (Lipinski definition) is 21.